The topological polar surface area (TPSA) is 43.6 Å². The Hall–Kier alpha value is -1.23. The molecule has 2 aromatic heterocycles. The van der Waals surface area contributed by atoms with Crippen LogP contribution in [0.2, 0.25) is 0 Å². The van der Waals surface area contributed by atoms with Crippen LogP contribution in [0.3, 0.4) is 0 Å². The monoisotopic (exact) mass is 322 g/mol. The first-order valence-corrected chi connectivity index (χ1v) is 7.17. The molecule has 0 fully saturated rings. The molecule has 4 nitrogen and oxygen atoms in total. The van der Waals surface area contributed by atoms with Gasteiger partial charge in [-0.05, 0) is 27.9 Å². The van der Waals surface area contributed by atoms with E-state index in [4.69, 9.17) is 0 Å². The highest BCUT2D eigenvalue weighted by Gasteiger charge is 2.19. The molecule has 5 heteroatoms. The Bertz CT molecular complexity index is 581. The summed E-state index contributed by atoms with van der Waals surface area (Å²) in [7, 11) is 0. The first-order chi connectivity index (χ1) is 8.77. The SMILES string of the molecule is CC(C)c1ccn(-c2cc(Br)nc(C(C)(C)C)n2)n1. The van der Waals surface area contributed by atoms with Crippen LogP contribution in [-0.4, -0.2) is 19.7 Å². The van der Waals surface area contributed by atoms with Gasteiger partial charge in [0.2, 0.25) is 0 Å². The summed E-state index contributed by atoms with van der Waals surface area (Å²) in [5.74, 6) is 2.01. The molecular formula is C14H19BrN4. The molecule has 0 spiro atoms. The highest BCUT2D eigenvalue weighted by atomic mass is 79.9. The number of nitrogens with zero attached hydrogens (tertiary/aromatic N) is 4. The lowest BCUT2D eigenvalue weighted by Gasteiger charge is -2.17. The highest BCUT2D eigenvalue weighted by Crippen LogP contribution is 2.22. The van der Waals surface area contributed by atoms with E-state index in [0.717, 1.165) is 21.9 Å². The molecule has 102 valence electrons. The molecule has 0 aliphatic rings. The van der Waals surface area contributed by atoms with Gasteiger partial charge in [-0.3, -0.25) is 0 Å². The van der Waals surface area contributed by atoms with E-state index in [1.165, 1.54) is 0 Å². The third-order valence-corrected chi connectivity index (χ3v) is 3.19. The Morgan fingerprint density at radius 2 is 1.89 bits per heavy atom. The van der Waals surface area contributed by atoms with Crippen molar-refractivity contribution in [2.24, 2.45) is 0 Å². The average Bonchev–Trinajstić information content (AvgIpc) is 2.76. The number of aromatic nitrogens is 4. The molecule has 0 bridgehead atoms. The van der Waals surface area contributed by atoms with E-state index in [2.05, 4.69) is 65.6 Å². The molecule has 0 saturated heterocycles. The zero-order valence-electron chi connectivity index (χ0n) is 12.0. The molecule has 0 amide bonds. The Morgan fingerprint density at radius 3 is 2.42 bits per heavy atom. The van der Waals surface area contributed by atoms with E-state index in [9.17, 15) is 0 Å². The van der Waals surface area contributed by atoms with Crippen molar-refractivity contribution in [3.63, 3.8) is 0 Å². The van der Waals surface area contributed by atoms with Gasteiger partial charge in [0.25, 0.3) is 0 Å². The summed E-state index contributed by atoms with van der Waals surface area (Å²) < 4.78 is 2.58. The van der Waals surface area contributed by atoms with Gasteiger partial charge in [-0.1, -0.05) is 34.6 Å². The van der Waals surface area contributed by atoms with Crippen molar-refractivity contribution in [2.75, 3.05) is 0 Å². The van der Waals surface area contributed by atoms with Crippen molar-refractivity contribution in [3.8, 4) is 5.82 Å². The van der Waals surface area contributed by atoms with E-state index >= 15 is 0 Å². The van der Waals surface area contributed by atoms with Gasteiger partial charge in [0.1, 0.15) is 10.4 Å². The number of hydrogen-bond acceptors (Lipinski definition) is 3. The summed E-state index contributed by atoms with van der Waals surface area (Å²) in [5.41, 5.74) is 0.971. The molecule has 0 aliphatic heterocycles. The second-order valence-corrected chi connectivity index (χ2v) is 6.77. The third kappa shape index (κ3) is 3.21. The second-order valence-electron chi connectivity index (χ2n) is 5.96. The van der Waals surface area contributed by atoms with Crippen LogP contribution in [0.1, 0.15) is 52.1 Å². The molecule has 2 aromatic rings. The predicted molar refractivity (Wildman–Crippen MR) is 79.6 cm³/mol. The van der Waals surface area contributed by atoms with Crippen LogP contribution in [0.15, 0.2) is 22.9 Å². The fourth-order valence-corrected chi connectivity index (χ4v) is 2.00. The van der Waals surface area contributed by atoms with Gasteiger partial charge in [0, 0.05) is 17.7 Å². The minimum Gasteiger partial charge on any atom is -0.225 e. The zero-order valence-corrected chi connectivity index (χ0v) is 13.6. The van der Waals surface area contributed by atoms with Crippen LogP contribution in [0.4, 0.5) is 0 Å². The lowest BCUT2D eigenvalue weighted by molar-refractivity contribution is 0.540. The van der Waals surface area contributed by atoms with Crippen LogP contribution in [-0.2, 0) is 5.41 Å². The molecule has 0 aliphatic carbocycles. The third-order valence-electron chi connectivity index (χ3n) is 2.79. The minimum absolute atomic E-state index is 0.0907. The summed E-state index contributed by atoms with van der Waals surface area (Å²) >= 11 is 3.45. The fourth-order valence-electron chi connectivity index (χ4n) is 1.63. The quantitative estimate of drug-likeness (QED) is 0.789. The largest absolute Gasteiger partial charge is 0.225 e. The molecule has 19 heavy (non-hydrogen) atoms. The molecule has 2 rings (SSSR count). The molecule has 0 atom stereocenters. The van der Waals surface area contributed by atoms with Crippen molar-refractivity contribution in [2.45, 2.75) is 46.0 Å². The summed E-state index contributed by atoms with van der Waals surface area (Å²) in [6.07, 6.45) is 1.94. The molecular weight excluding hydrogens is 304 g/mol. The van der Waals surface area contributed by atoms with Gasteiger partial charge < -0.3 is 0 Å². The van der Waals surface area contributed by atoms with Gasteiger partial charge in [-0.15, -0.1) is 0 Å². The zero-order chi connectivity index (χ0) is 14.2. The number of rotatable bonds is 2. The van der Waals surface area contributed by atoms with Gasteiger partial charge in [-0.25, -0.2) is 14.6 Å². The molecule has 0 aromatic carbocycles. The van der Waals surface area contributed by atoms with Gasteiger partial charge in [0.05, 0.1) is 5.69 Å². The van der Waals surface area contributed by atoms with E-state index in [-0.39, 0.29) is 5.41 Å². The van der Waals surface area contributed by atoms with E-state index in [1.807, 2.05) is 18.3 Å². The predicted octanol–water partition coefficient (Wildman–Crippen LogP) is 3.85. The first kappa shape index (κ1) is 14.2. The summed E-state index contributed by atoms with van der Waals surface area (Å²) in [4.78, 5) is 9.04. The maximum Gasteiger partial charge on any atom is 0.158 e. The smallest absolute Gasteiger partial charge is 0.158 e. The summed E-state index contributed by atoms with van der Waals surface area (Å²) in [6, 6.07) is 3.91. The van der Waals surface area contributed by atoms with E-state index < -0.39 is 0 Å². The lowest BCUT2D eigenvalue weighted by atomic mass is 9.96. The van der Waals surface area contributed by atoms with Crippen molar-refractivity contribution in [1.82, 2.24) is 19.7 Å². The van der Waals surface area contributed by atoms with Crippen molar-refractivity contribution >= 4 is 15.9 Å². The highest BCUT2D eigenvalue weighted by molar-refractivity contribution is 9.10. The molecule has 0 N–H and O–H groups in total. The van der Waals surface area contributed by atoms with Crippen LogP contribution in [0, 0.1) is 0 Å². The number of hydrogen-bond donors (Lipinski definition) is 0. The van der Waals surface area contributed by atoms with Gasteiger partial charge in [-0.2, -0.15) is 5.10 Å². The lowest BCUT2D eigenvalue weighted by Crippen LogP contribution is -2.17. The maximum absolute atomic E-state index is 4.61. The standard InChI is InChI=1S/C14H19BrN4/c1-9(2)10-6-7-19(18-10)12-8-11(15)16-13(17-12)14(3,4)5/h6-9H,1-5H3. The number of halogens is 1. The Morgan fingerprint density at radius 1 is 1.21 bits per heavy atom. The maximum atomic E-state index is 4.61. The van der Waals surface area contributed by atoms with Crippen molar-refractivity contribution < 1.29 is 0 Å². The second kappa shape index (κ2) is 5.04. The van der Waals surface area contributed by atoms with Crippen LogP contribution >= 0.6 is 15.9 Å². The Labute approximate surface area is 122 Å². The van der Waals surface area contributed by atoms with Crippen molar-refractivity contribution in [1.29, 1.82) is 0 Å². The first-order valence-electron chi connectivity index (χ1n) is 6.38. The molecule has 2 heterocycles. The van der Waals surface area contributed by atoms with E-state index in [0.29, 0.717) is 5.92 Å². The van der Waals surface area contributed by atoms with Crippen molar-refractivity contribution in [3.05, 3.63) is 34.5 Å². The van der Waals surface area contributed by atoms with Crippen LogP contribution in [0.5, 0.6) is 0 Å². The Balaban J connectivity index is 2.47. The summed E-state index contributed by atoms with van der Waals surface area (Å²) in [5, 5.41) is 4.55. The molecule has 0 unspecified atom stereocenters. The minimum atomic E-state index is -0.0907. The van der Waals surface area contributed by atoms with E-state index in [1.54, 1.807) is 4.68 Å². The summed E-state index contributed by atoms with van der Waals surface area (Å²) in [6.45, 7) is 10.6. The van der Waals surface area contributed by atoms with Crippen LogP contribution < -0.4 is 0 Å². The fraction of sp³-hybridized carbons (Fsp3) is 0.500. The van der Waals surface area contributed by atoms with Gasteiger partial charge in [0.15, 0.2) is 5.82 Å². The average molecular weight is 323 g/mol. The van der Waals surface area contributed by atoms with Crippen LogP contribution in [0.25, 0.3) is 5.82 Å². The Kier molecular flexibility index (Phi) is 3.76. The van der Waals surface area contributed by atoms with Gasteiger partial charge >= 0.3 is 0 Å². The molecule has 0 saturated carbocycles. The normalized spacial score (nSPS) is 12.2. The molecule has 0 radical (unpaired) electrons.